The molecule has 0 aromatic rings. The molecule has 0 aliphatic carbocycles. The first-order valence-corrected chi connectivity index (χ1v) is 3.49. The van der Waals surface area contributed by atoms with Crippen LogP contribution in [0.4, 0.5) is 4.79 Å². The number of hydrogen-bond donors (Lipinski definition) is 2. The van der Waals surface area contributed by atoms with Crippen molar-refractivity contribution in [2.75, 3.05) is 13.7 Å². The van der Waals surface area contributed by atoms with Crippen LogP contribution in [0.25, 0.3) is 0 Å². The van der Waals surface area contributed by atoms with Crippen molar-refractivity contribution in [1.29, 1.82) is 0 Å². The molecule has 2 amide bonds. The molecular formula is C6H12N2O3. The molecule has 2 atom stereocenters. The molecule has 11 heavy (non-hydrogen) atoms. The van der Waals surface area contributed by atoms with Crippen LogP contribution in [0, 0.1) is 0 Å². The summed E-state index contributed by atoms with van der Waals surface area (Å²) in [5, 5.41) is 5.10. The fourth-order valence-corrected chi connectivity index (χ4v) is 0.943. The standard InChI is InChI=1S/C6H12N2O3/c1-3-11-5-4(10-2)7-6(9)8-5/h4-5H,3H2,1-2H3,(H2,7,8,9). The lowest BCUT2D eigenvalue weighted by Crippen LogP contribution is -2.37. The number of amides is 2. The third kappa shape index (κ3) is 1.81. The summed E-state index contributed by atoms with van der Waals surface area (Å²) in [5.74, 6) is 0. The molecule has 5 nitrogen and oxygen atoms in total. The van der Waals surface area contributed by atoms with Crippen LogP contribution in [0.5, 0.6) is 0 Å². The number of nitrogens with one attached hydrogen (secondary N) is 2. The second-order valence-corrected chi connectivity index (χ2v) is 2.15. The van der Waals surface area contributed by atoms with Crippen LogP contribution in [-0.4, -0.2) is 32.2 Å². The van der Waals surface area contributed by atoms with Crippen molar-refractivity contribution in [2.24, 2.45) is 0 Å². The Morgan fingerprint density at radius 1 is 1.45 bits per heavy atom. The third-order valence-electron chi connectivity index (χ3n) is 1.42. The molecule has 0 spiro atoms. The number of urea groups is 1. The lowest BCUT2D eigenvalue weighted by Gasteiger charge is -2.15. The number of hydrogen-bond acceptors (Lipinski definition) is 3. The first-order valence-electron chi connectivity index (χ1n) is 3.49. The molecule has 0 aromatic carbocycles. The Kier molecular flexibility index (Phi) is 2.67. The van der Waals surface area contributed by atoms with Crippen molar-refractivity contribution in [3.05, 3.63) is 0 Å². The van der Waals surface area contributed by atoms with Gasteiger partial charge in [-0.25, -0.2) is 4.79 Å². The topological polar surface area (TPSA) is 59.6 Å². The van der Waals surface area contributed by atoms with Crippen LogP contribution in [-0.2, 0) is 9.47 Å². The molecule has 0 aromatic heterocycles. The fraction of sp³-hybridized carbons (Fsp3) is 0.833. The lowest BCUT2D eigenvalue weighted by atomic mass is 10.5. The van der Waals surface area contributed by atoms with Gasteiger partial charge in [0.15, 0.2) is 12.5 Å². The molecule has 5 heteroatoms. The van der Waals surface area contributed by atoms with Crippen molar-refractivity contribution < 1.29 is 14.3 Å². The zero-order chi connectivity index (χ0) is 8.27. The molecule has 1 saturated heterocycles. The van der Waals surface area contributed by atoms with Crippen molar-refractivity contribution in [3.63, 3.8) is 0 Å². The zero-order valence-corrected chi connectivity index (χ0v) is 6.59. The lowest BCUT2D eigenvalue weighted by molar-refractivity contribution is -0.0512. The highest BCUT2D eigenvalue weighted by atomic mass is 16.6. The predicted octanol–water partition coefficient (Wildman–Crippen LogP) is -0.366. The summed E-state index contributed by atoms with van der Waals surface area (Å²) in [4.78, 5) is 10.7. The second kappa shape index (κ2) is 3.54. The summed E-state index contributed by atoms with van der Waals surface area (Å²) in [6.07, 6.45) is -0.736. The SMILES string of the molecule is CCOC1NC(=O)NC1OC. The third-order valence-corrected chi connectivity index (χ3v) is 1.42. The van der Waals surface area contributed by atoms with Crippen LogP contribution >= 0.6 is 0 Å². The van der Waals surface area contributed by atoms with E-state index in [9.17, 15) is 4.79 Å². The Hall–Kier alpha value is -0.810. The van der Waals surface area contributed by atoms with E-state index in [4.69, 9.17) is 9.47 Å². The highest BCUT2D eigenvalue weighted by molar-refractivity contribution is 5.76. The fourth-order valence-electron chi connectivity index (χ4n) is 0.943. The van der Waals surface area contributed by atoms with E-state index in [-0.39, 0.29) is 18.5 Å². The summed E-state index contributed by atoms with van der Waals surface area (Å²) in [5.41, 5.74) is 0. The van der Waals surface area contributed by atoms with Crippen LogP contribution in [0.15, 0.2) is 0 Å². The number of rotatable bonds is 3. The Labute approximate surface area is 65.0 Å². The summed E-state index contributed by atoms with van der Waals surface area (Å²) in [6, 6.07) is -0.254. The van der Waals surface area contributed by atoms with Crippen molar-refractivity contribution in [2.45, 2.75) is 19.4 Å². The number of carbonyl (C=O) groups excluding carboxylic acids is 1. The van der Waals surface area contributed by atoms with Crippen LogP contribution in [0.3, 0.4) is 0 Å². The molecular weight excluding hydrogens is 148 g/mol. The van der Waals surface area contributed by atoms with E-state index < -0.39 is 0 Å². The molecule has 0 saturated carbocycles. The van der Waals surface area contributed by atoms with Crippen LogP contribution in [0.2, 0.25) is 0 Å². The largest absolute Gasteiger partial charge is 0.357 e. The average molecular weight is 160 g/mol. The normalized spacial score (nSPS) is 29.8. The van der Waals surface area contributed by atoms with Gasteiger partial charge in [0.1, 0.15) is 0 Å². The Morgan fingerprint density at radius 3 is 2.64 bits per heavy atom. The number of ether oxygens (including phenoxy) is 2. The molecule has 2 N–H and O–H groups in total. The van der Waals surface area contributed by atoms with E-state index in [0.29, 0.717) is 6.61 Å². The van der Waals surface area contributed by atoms with Gasteiger partial charge in [-0.1, -0.05) is 0 Å². The molecule has 2 unspecified atom stereocenters. The maximum Gasteiger partial charge on any atom is 0.319 e. The van der Waals surface area contributed by atoms with E-state index in [2.05, 4.69) is 10.6 Å². The first-order chi connectivity index (χ1) is 5.27. The maximum absolute atomic E-state index is 10.7. The van der Waals surface area contributed by atoms with E-state index >= 15 is 0 Å². The summed E-state index contributed by atoms with van der Waals surface area (Å²) < 4.78 is 10.1. The Bertz CT molecular complexity index is 151. The minimum Gasteiger partial charge on any atom is -0.357 e. The molecule has 64 valence electrons. The molecule has 0 radical (unpaired) electrons. The van der Waals surface area contributed by atoms with Crippen LogP contribution in [0.1, 0.15) is 6.92 Å². The molecule has 1 aliphatic rings. The monoisotopic (exact) mass is 160 g/mol. The van der Waals surface area contributed by atoms with E-state index in [1.165, 1.54) is 7.11 Å². The zero-order valence-electron chi connectivity index (χ0n) is 6.59. The molecule has 0 bridgehead atoms. The number of carbonyl (C=O) groups is 1. The Balaban J connectivity index is 2.43. The van der Waals surface area contributed by atoms with E-state index in [1.807, 2.05) is 6.92 Å². The van der Waals surface area contributed by atoms with Gasteiger partial charge in [-0.15, -0.1) is 0 Å². The highest BCUT2D eigenvalue weighted by Crippen LogP contribution is 2.02. The van der Waals surface area contributed by atoms with E-state index in [1.54, 1.807) is 0 Å². The van der Waals surface area contributed by atoms with Gasteiger partial charge >= 0.3 is 6.03 Å². The summed E-state index contributed by atoms with van der Waals surface area (Å²) in [6.45, 7) is 2.41. The van der Waals surface area contributed by atoms with Gasteiger partial charge in [-0.2, -0.15) is 0 Å². The maximum atomic E-state index is 10.7. The van der Waals surface area contributed by atoms with Gasteiger partial charge in [0.2, 0.25) is 0 Å². The average Bonchev–Trinajstić information content (AvgIpc) is 2.32. The quantitative estimate of drug-likeness (QED) is 0.592. The van der Waals surface area contributed by atoms with Gasteiger partial charge in [-0.05, 0) is 6.92 Å². The van der Waals surface area contributed by atoms with Crippen molar-refractivity contribution >= 4 is 6.03 Å². The second-order valence-electron chi connectivity index (χ2n) is 2.15. The number of methoxy groups -OCH3 is 1. The van der Waals surface area contributed by atoms with Crippen molar-refractivity contribution in [3.8, 4) is 0 Å². The summed E-state index contributed by atoms with van der Waals surface area (Å²) >= 11 is 0. The predicted molar refractivity (Wildman–Crippen MR) is 37.9 cm³/mol. The van der Waals surface area contributed by atoms with Gasteiger partial charge < -0.3 is 20.1 Å². The Morgan fingerprint density at radius 2 is 2.09 bits per heavy atom. The van der Waals surface area contributed by atoms with E-state index in [0.717, 1.165) is 0 Å². The van der Waals surface area contributed by atoms with Gasteiger partial charge in [-0.3, -0.25) is 0 Å². The molecule has 1 heterocycles. The van der Waals surface area contributed by atoms with Crippen molar-refractivity contribution in [1.82, 2.24) is 10.6 Å². The van der Waals surface area contributed by atoms with Crippen LogP contribution < -0.4 is 10.6 Å². The first kappa shape index (κ1) is 8.29. The minimum absolute atomic E-state index is 0.254. The smallest absolute Gasteiger partial charge is 0.319 e. The van der Waals surface area contributed by atoms with Gasteiger partial charge in [0, 0.05) is 13.7 Å². The van der Waals surface area contributed by atoms with Gasteiger partial charge in [0.05, 0.1) is 0 Å². The molecule has 1 fully saturated rings. The molecule has 1 aliphatic heterocycles. The van der Waals surface area contributed by atoms with Gasteiger partial charge in [0.25, 0.3) is 0 Å². The summed E-state index contributed by atoms with van der Waals surface area (Å²) in [7, 11) is 1.52. The molecule has 1 rings (SSSR count). The minimum atomic E-state index is -0.373. The highest BCUT2D eigenvalue weighted by Gasteiger charge is 2.31.